The van der Waals surface area contributed by atoms with Gasteiger partial charge in [0.25, 0.3) is 0 Å². The Hall–Kier alpha value is -3.61. The van der Waals surface area contributed by atoms with E-state index < -0.39 is 11.7 Å². The number of ether oxygens (including phenoxy) is 2. The second-order valence-electron chi connectivity index (χ2n) is 8.90. The summed E-state index contributed by atoms with van der Waals surface area (Å²) in [5, 5.41) is 3.65. The SMILES string of the molecule is Cc1cc(=O)oc2c(C)c(OC(=O)C3CCC(CNC(=O)OCc4ccccc4)CC3)ccc12. The van der Waals surface area contributed by atoms with Crippen LogP contribution in [0.15, 0.2) is 57.7 Å². The molecule has 1 N–H and O–H groups in total. The summed E-state index contributed by atoms with van der Waals surface area (Å²) < 4.78 is 16.3. The summed E-state index contributed by atoms with van der Waals surface area (Å²) in [7, 11) is 0. The third kappa shape index (κ3) is 5.65. The number of alkyl carbamates (subject to hydrolysis) is 1. The molecular formula is C27H29NO6. The molecule has 0 unspecified atom stereocenters. The molecule has 1 aromatic heterocycles. The predicted octanol–water partition coefficient (Wildman–Crippen LogP) is 5.05. The lowest BCUT2D eigenvalue weighted by molar-refractivity contribution is -0.140. The molecule has 4 rings (SSSR count). The highest BCUT2D eigenvalue weighted by atomic mass is 16.5. The summed E-state index contributed by atoms with van der Waals surface area (Å²) in [6.45, 7) is 4.40. The van der Waals surface area contributed by atoms with Gasteiger partial charge in [-0.05, 0) is 68.7 Å². The lowest BCUT2D eigenvalue weighted by Crippen LogP contribution is -2.33. The van der Waals surface area contributed by atoms with Gasteiger partial charge in [-0.15, -0.1) is 0 Å². The lowest BCUT2D eigenvalue weighted by atomic mass is 9.82. The Kier molecular flexibility index (Phi) is 7.30. The number of hydrogen-bond acceptors (Lipinski definition) is 6. The number of fused-ring (bicyclic) bond motifs is 1. The largest absolute Gasteiger partial charge is 0.445 e. The van der Waals surface area contributed by atoms with Crippen LogP contribution >= 0.6 is 0 Å². The molecule has 1 aliphatic carbocycles. The summed E-state index contributed by atoms with van der Waals surface area (Å²) in [5.41, 5.74) is 2.42. The highest BCUT2D eigenvalue weighted by molar-refractivity contribution is 5.86. The van der Waals surface area contributed by atoms with Gasteiger partial charge in [0.15, 0.2) is 0 Å². The number of rotatable bonds is 6. The first-order chi connectivity index (χ1) is 16.4. The quantitative estimate of drug-likeness (QED) is 0.312. The van der Waals surface area contributed by atoms with Crippen molar-refractivity contribution in [1.29, 1.82) is 0 Å². The van der Waals surface area contributed by atoms with Crippen molar-refractivity contribution in [1.82, 2.24) is 5.32 Å². The Labute approximate surface area is 198 Å². The average molecular weight is 464 g/mol. The van der Waals surface area contributed by atoms with E-state index in [4.69, 9.17) is 13.9 Å². The minimum Gasteiger partial charge on any atom is -0.445 e. The van der Waals surface area contributed by atoms with E-state index in [0.29, 0.717) is 42.2 Å². The number of benzene rings is 2. The van der Waals surface area contributed by atoms with Crippen LogP contribution in [0.3, 0.4) is 0 Å². The molecule has 0 spiro atoms. The molecule has 0 atom stereocenters. The van der Waals surface area contributed by atoms with Crippen molar-refractivity contribution in [2.45, 2.75) is 46.1 Å². The molecule has 7 nitrogen and oxygen atoms in total. The first-order valence-corrected chi connectivity index (χ1v) is 11.6. The number of aryl methyl sites for hydroxylation is 2. The topological polar surface area (TPSA) is 94.8 Å². The Bertz CT molecular complexity index is 1230. The second kappa shape index (κ2) is 10.5. The van der Waals surface area contributed by atoms with Crippen LogP contribution in [0, 0.1) is 25.7 Å². The fourth-order valence-corrected chi connectivity index (χ4v) is 4.41. The number of carbonyl (C=O) groups excluding carboxylic acids is 2. The molecular weight excluding hydrogens is 434 g/mol. The Morgan fingerprint density at radius 3 is 2.50 bits per heavy atom. The molecule has 1 amide bonds. The molecule has 0 aliphatic heterocycles. The van der Waals surface area contributed by atoms with Crippen molar-refractivity contribution in [3.05, 3.63) is 75.6 Å². The molecule has 1 saturated carbocycles. The van der Waals surface area contributed by atoms with E-state index in [0.717, 1.165) is 29.4 Å². The van der Waals surface area contributed by atoms with E-state index in [1.165, 1.54) is 6.07 Å². The van der Waals surface area contributed by atoms with Crippen molar-refractivity contribution in [3.63, 3.8) is 0 Å². The first kappa shape index (κ1) is 23.5. The van der Waals surface area contributed by atoms with Crippen LogP contribution in [0.2, 0.25) is 0 Å². The van der Waals surface area contributed by atoms with Gasteiger partial charge in [-0.2, -0.15) is 0 Å². The third-order valence-corrected chi connectivity index (χ3v) is 6.46. The zero-order chi connectivity index (χ0) is 24.1. The molecule has 7 heteroatoms. The molecule has 0 bridgehead atoms. The maximum Gasteiger partial charge on any atom is 0.407 e. The molecule has 1 heterocycles. The molecule has 2 aromatic carbocycles. The smallest absolute Gasteiger partial charge is 0.407 e. The van der Waals surface area contributed by atoms with Crippen LogP contribution in [0.4, 0.5) is 4.79 Å². The van der Waals surface area contributed by atoms with Crippen LogP contribution in [-0.2, 0) is 16.1 Å². The van der Waals surface area contributed by atoms with E-state index in [1.807, 2.05) is 43.3 Å². The summed E-state index contributed by atoms with van der Waals surface area (Å²) >= 11 is 0. The van der Waals surface area contributed by atoms with Crippen molar-refractivity contribution < 1.29 is 23.5 Å². The number of esters is 1. The van der Waals surface area contributed by atoms with E-state index in [1.54, 1.807) is 13.0 Å². The van der Waals surface area contributed by atoms with Crippen molar-refractivity contribution in [2.24, 2.45) is 11.8 Å². The molecule has 178 valence electrons. The monoisotopic (exact) mass is 463 g/mol. The fourth-order valence-electron chi connectivity index (χ4n) is 4.41. The standard InChI is InChI=1S/C27H29NO6/c1-17-14-24(29)34-25-18(2)23(13-12-22(17)25)33-26(30)21-10-8-19(9-11-21)15-28-27(31)32-16-20-6-4-3-5-7-20/h3-7,12-14,19,21H,8-11,15-16H2,1-2H3,(H,28,31). The normalized spacial score (nSPS) is 17.8. The van der Waals surface area contributed by atoms with Gasteiger partial charge in [-0.3, -0.25) is 4.79 Å². The highest BCUT2D eigenvalue weighted by Gasteiger charge is 2.28. The van der Waals surface area contributed by atoms with Crippen LogP contribution < -0.4 is 15.7 Å². The molecule has 3 aromatic rings. The zero-order valence-corrected chi connectivity index (χ0v) is 19.5. The maximum atomic E-state index is 12.8. The van der Waals surface area contributed by atoms with Crippen molar-refractivity contribution >= 4 is 23.0 Å². The van der Waals surface area contributed by atoms with Gasteiger partial charge in [-0.25, -0.2) is 9.59 Å². The first-order valence-electron chi connectivity index (χ1n) is 11.6. The Morgan fingerprint density at radius 2 is 1.76 bits per heavy atom. The average Bonchev–Trinajstić information content (AvgIpc) is 2.84. The van der Waals surface area contributed by atoms with Crippen LogP contribution in [0.5, 0.6) is 5.75 Å². The predicted molar refractivity (Wildman–Crippen MR) is 128 cm³/mol. The molecule has 0 radical (unpaired) electrons. The lowest BCUT2D eigenvalue weighted by Gasteiger charge is -2.27. The fraction of sp³-hybridized carbons (Fsp3) is 0.370. The number of carbonyl (C=O) groups is 2. The summed E-state index contributed by atoms with van der Waals surface area (Å²) in [6, 6.07) is 14.5. The number of nitrogens with one attached hydrogen (secondary N) is 1. The Morgan fingerprint density at radius 1 is 1.03 bits per heavy atom. The van der Waals surface area contributed by atoms with Gasteiger partial charge < -0.3 is 19.2 Å². The van der Waals surface area contributed by atoms with Crippen LogP contribution in [-0.4, -0.2) is 18.6 Å². The minimum absolute atomic E-state index is 0.194. The third-order valence-electron chi connectivity index (χ3n) is 6.46. The van der Waals surface area contributed by atoms with Crippen LogP contribution in [0.25, 0.3) is 11.0 Å². The molecule has 0 saturated heterocycles. The molecule has 1 fully saturated rings. The Balaban J connectivity index is 1.25. The minimum atomic E-state index is -0.431. The summed E-state index contributed by atoms with van der Waals surface area (Å²) in [6.07, 6.45) is 2.61. The maximum absolute atomic E-state index is 12.8. The zero-order valence-electron chi connectivity index (χ0n) is 19.5. The van der Waals surface area contributed by atoms with Crippen molar-refractivity contribution in [3.8, 4) is 5.75 Å². The van der Waals surface area contributed by atoms with Gasteiger partial charge in [0.1, 0.15) is 17.9 Å². The van der Waals surface area contributed by atoms with Crippen molar-refractivity contribution in [2.75, 3.05) is 6.54 Å². The molecule has 1 aliphatic rings. The van der Waals surface area contributed by atoms with Gasteiger partial charge in [-0.1, -0.05) is 30.3 Å². The van der Waals surface area contributed by atoms with Gasteiger partial charge in [0.2, 0.25) is 0 Å². The summed E-state index contributed by atoms with van der Waals surface area (Å²) in [4.78, 5) is 36.5. The number of amides is 1. The van der Waals surface area contributed by atoms with Gasteiger partial charge >= 0.3 is 17.7 Å². The van der Waals surface area contributed by atoms with Gasteiger partial charge in [0.05, 0.1) is 5.92 Å². The van der Waals surface area contributed by atoms with E-state index in [9.17, 15) is 14.4 Å². The van der Waals surface area contributed by atoms with Gasteiger partial charge in [0, 0.05) is 23.6 Å². The highest BCUT2D eigenvalue weighted by Crippen LogP contribution is 2.32. The number of hydrogen-bond donors (Lipinski definition) is 1. The van der Waals surface area contributed by atoms with E-state index in [2.05, 4.69) is 5.32 Å². The van der Waals surface area contributed by atoms with Crippen LogP contribution in [0.1, 0.15) is 42.4 Å². The molecule has 34 heavy (non-hydrogen) atoms. The van der Waals surface area contributed by atoms with E-state index in [-0.39, 0.29) is 18.5 Å². The second-order valence-corrected chi connectivity index (χ2v) is 8.90. The summed E-state index contributed by atoms with van der Waals surface area (Å²) in [5.74, 6) is 0.246. The van der Waals surface area contributed by atoms with E-state index >= 15 is 0 Å².